The molecule has 1 fully saturated rings. The van der Waals surface area contributed by atoms with Crippen molar-refractivity contribution in [1.82, 2.24) is 5.01 Å². The van der Waals surface area contributed by atoms with Gasteiger partial charge in [0.2, 0.25) is 5.91 Å². The molecule has 30 heavy (non-hydrogen) atoms. The zero-order chi connectivity index (χ0) is 21.4. The van der Waals surface area contributed by atoms with Crippen LogP contribution in [0.25, 0.3) is 0 Å². The molecule has 0 bridgehead atoms. The van der Waals surface area contributed by atoms with Crippen molar-refractivity contribution in [1.29, 1.82) is 0 Å². The first-order chi connectivity index (χ1) is 14.4. The van der Waals surface area contributed by atoms with E-state index >= 15 is 0 Å². The Kier molecular flexibility index (Phi) is 5.44. The summed E-state index contributed by atoms with van der Waals surface area (Å²) in [6, 6.07) is 9.66. The quantitative estimate of drug-likeness (QED) is 0.646. The summed E-state index contributed by atoms with van der Waals surface area (Å²) >= 11 is 9.38. The molecule has 1 saturated heterocycles. The van der Waals surface area contributed by atoms with Crippen molar-refractivity contribution in [3.05, 3.63) is 52.0 Å². The van der Waals surface area contributed by atoms with E-state index in [9.17, 15) is 14.4 Å². The summed E-state index contributed by atoms with van der Waals surface area (Å²) in [5.74, 6) is -0.898. The maximum atomic E-state index is 12.9. The molecule has 4 rings (SSSR count). The topological polar surface area (TPSA) is 104 Å². The van der Waals surface area contributed by atoms with E-state index < -0.39 is 29.8 Å². The highest BCUT2D eigenvalue weighted by atomic mass is 79.9. The molecular formula is C19H15BrClN5O4. The van der Waals surface area contributed by atoms with Crippen LogP contribution in [-0.4, -0.2) is 48.5 Å². The molecule has 0 radical (unpaired) electrons. The van der Waals surface area contributed by atoms with Crippen molar-refractivity contribution in [2.75, 3.05) is 23.9 Å². The second-order valence-corrected chi connectivity index (χ2v) is 7.90. The molecule has 11 heteroatoms. The molecule has 0 unspecified atom stereocenters. The fourth-order valence-corrected chi connectivity index (χ4v) is 3.81. The number of methoxy groups -OCH3 is 1. The third-order valence-corrected chi connectivity index (χ3v) is 5.51. The summed E-state index contributed by atoms with van der Waals surface area (Å²) in [6.07, 6.45) is 0. The lowest BCUT2D eigenvalue weighted by molar-refractivity contribution is -0.123. The van der Waals surface area contributed by atoms with Gasteiger partial charge >= 0.3 is 0 Å². The molecule has 1 N–H and O–H groups in total. The molecular weight excluding hydrogens is 478 g/mol. The van der Waals surface area contributed by atoms with Gasteiger partial charge < -0.3 is 10.1 Å². The number of hydrogen-bond acceptors (Lipinski definition) is 7. The summed E-state index contributed by atoms with van der Waals surface area (Å²) in [5.41, 5.74) is 0.902. The van der Waals surface area contributed by atoms with Crippen LogP contribution in [0.4, 0.5) is 11.4 Å². The SMILES string of the molecule is COc1ccc(NC(=O)CN2N=N[C@H]3C(=O)N(c4ccc(Br)cc4)C(=O)[C@@H]32)cc1Cl. The second-order valence-electron chi connectivity index (χ2n) is 6.58. The lowest BCUT2D eigenvalue weighted by Gasteiger charge is -2.20. The minimum atomic E-state index is -0.968. The van der Waals surface area contributed by atoms with Crippen LogP contribution >= 0.6 is 27.5 Å². The number of benzene rings is 2. The molecule has 2 heterocycles. The Morgan fingerprint density at radius 1 is 1.20 bits per heavy atom. The third-order valence-electron chi connectivity index (χ3n) is 4.68. The number of imide groups is 1. The first-order valence-corrected chi connectivity index (χ1v) is 10.0. The predicted octanol–water partition coefficient (Wildman–Crippen LogP) is 3.04. The highest BCUT2D eigenvalue weighted by molar-refractivity contribution is 9.10. The lowest BCUT2D eigenvalue weighted by atomic mass is 10.1. The van der Waals surface area contributed by atoms with E-state index in [1.165, 1.54) is 12.1 Å². The minimum Gasteiger partial charge on any atom is -0.495 e. The van der Waals surface area contributed by atoms with Gasteiger partial charge in [-0.1, -0.05) is 32.8 Å². The van der Waals surface area contributed by atoms with E-state index in [-0.39, 0.29) is 6.54 Å². The molecule has 0 spiro atoms. The molecule has 0 aliphatic carbocycles. The molecule has 0 aromatic heterocycles. The van der Waals surface area contributed by atoms with E-state index in [2.05, 4.69) is 31.6 Å². The Hall–Kier alpha value is -2.98. The Morgan fingerprint density at radius 2 is 1.93 bits per heavy atom. The van der Waals surface area contributed by atoms with Gasteiger partial charge in [0.1, 0.15) is 12.3 Å². The molecule has 0 saturated carbocycles. The smallest absolute Gasteiger partial charge is 0.263 e. The van der Waals surface area contributed by atoms with Crippen molar-refractivity contribution in [2.24, 2.45) is 10.3 Å². The van der Waals surface area contributed by atoms with Crippen LogP contribution in [0.15, 0.2) is 57.3 Å². The molecule has 2 aromatic carbocycles. The van der Waals surface area contributed by atoms with Gasteiger partial charge in [0.25, 0.3) is 11.8 Å². The van der Waals surface area contributed by atoms with E-state index in [0.717, 1.165) is 9.37 Å². The third kappa shape index (κ3) is 3.63. The fourth-order valence-electron chi connectivity index (χ4n) is 3.29. The van der Waals surface area contributed by atoms with Gasteiger partial charge in [0, 0.05) is 10.2 Å². The average Bonchev–Trinajstić information content (AvgIpc) is 3.23. The Labute approximate surface area is 184 Å². The number of nitrogens with one attached hydrogen (secondary N) is 1. The maximum Gasteiger partial charge on any atom is 0.263 e. The average molecular weight is 493 g/mol. The number of anilines is 2. The van der Waals surface area contributed by atoms with Crippen molar-refractivity contribution >= 4 is 56.6 Å². The molecule has 2 aliphatic heterocycles. The number of fused-ring (bicyclic) bond motifs is 1. The van der Waals surface area contributed by atoms with Crippen LogP contribution in [0.2, 0.25) is 5.02 Å². The van der Waals surface area contributed by atoms with E-state index in [0.29, 0.717) is 22.1 Å². The number of rotatable bonds is 5. The zero-order valence-electron chi connectivity index (χ0n) is 15.6. The monoisotopic (exact) mass is 491 g/mol. The van der Waals surface area contributed by atoms with E-state index in [1.54, 1.807) is 42.5 Å². The fraction of sp³-hybridized carbons (Fsp3) is 0.211. The number of carbonyl (C=O) groups excluding carboxylic acids is 3. The van der Waals surface area contributed by atoms with Crippen LogP contribution in [0.5, 0.6) is 5.75 Å². The Morgan fingerprint density at radius 3 is 2.60 bits per heavy atom. The molecule has 3 amide bonds. The summed E-state index contributed by atoms with van der Waals surface area (Å²) in [7, 11) is 1.49. The molecule has 2 aromatic rings. The molecule has 154 valence electrons. The molecule has 2 aliphatic rings. The van der Waals surface area contributed by atoms with Crippen LogP contribution in [0.1, 0.15) is 0 Å². The van der Waals surface area contributed by atoms with Crippen LogP contribution < -0.4 is 15.0 Å². The van der Waals surface area contributed by atoms with Crippen molar-refractivity contribution in [3.63, 3.8) is 0 Å². The van der Waals surface area contributed by atoms with Gasteiger partial charge in [0.15, 0.2) is 12.1 Å². The van der Waals surface area contributed by atoms with Gasteiger partial charge in [-0.2, -0.15) is 5.11 Å². The lowest BCUT2D eigenvalue weighted by Crippen LogP contribution is -2.43. The van der Waals surface area contributed by atoms with Crippen molar-refractivity contribution in [2.45, 2.75) is 12.1 Å². The number of halogens is 2. The minimum absolute atomic E-state index is 0.248. The highest BCUT2D eigenvalue weighted by Crippen LogP contribution is 2.32. The van der Waals surface area contributed by atoms with Gasteiger partial charge in [-0.05, 0) is 42.5 Å². The van der Waals surface area contributed by atoms with Gasteiger partial charge in [0.05, 0.1) is 17.8 Å². The first kappa shape index (κ1) is 20.3. The summed E-state index contributed by atoms with van der Waals surface area (Å²) in [4.78, 5) is 39.1. The highest BCUT2D eigenvalue weighted by Gasteiger charge is 2.55. The predicted molar refractivity (Wildman–Crippen MR) is 112 cm³/mol. The Balaban J connectivity index is 1.46. The van der Waals surface area contributed by atoms with Crippen LogP contribution in [-0.2, 0) is 14.4 Å². The van der Waals surface area contributed by atoms with Gasteiger partial charge in [-0.25, -0.2) is 4.90 Å². The largest absolute Gasteiger partial charge is 0.495 e. The number of hydrogen-bond donors (Lipinski definition) is 1. The number of ether oxygens (including phenoxy) is 1. The second kappa shape index (κ2) is 8.04. The number of amides is 3. The van der Waals surface area contributed by atoms with Crippen molar-refractivity contribution in [3.8, 4) is 5.75 Å². The van der Waals surface area contributed by atoms with Crippen molar-refractivity contribution < 1.29 is 19.1 Å². The van der Waals surface area contributed by atoms with Crippen LogP contribution in [0, 0.1) is 0 Å². The molecule has 2 atom stereocenters. The normalized spacial score (nSPS) is 20.0. The summed E-state index contributed by atoms with van der Waals surface area (Å²) in [6.45, 7) is -0.248. The first-order valence-electron chi connectivity index (χ1n) is 8.83. The van der Waals surface area contributed by atoms with E-state index in [4.69, 9.17) is 16.3 Å². The number of nitrogens with zero attached hydrogens (tertiary/aromatic N) is 4. The van der Waals surface area contributed by atoms with E-state index in [1.807, 2.05) is 0 Å². The maximum absolute atomic E-state index is 12.9. The Bertz CT molecular complexity index is 1060. The summed E-state index contributed by atoms with van der Waals surface area (Å²) in [5, 5.41) is 12.0. The van der Waals surface area contributed by atoms with Gasteiger partial charge in [-0.15, -0.1) is 0 Å². The number of carbonyl (C=O) groups is 3. The standard InChI is InChI=1S/C19H15BrClN5O4/c1-30-14-7-4-11(8-13(14)21)22-15(27)9-25-17-16(23-24-25)18(28)26(19(17)29)12-5-2-10(20)3-6-12/h2-8,16-17H,9H2,1H3,(H,22,27)/t16-,17-/m1/s1. The van der Waals surface area contributed by atoms with Gasteiger partial charge in [-0.3, -0.25) is 19.4 Å². The van der Waals surface area contributed by atoms with Crippen LogP contribution in [0.3, 0.4) is 0 Å². The zero-order valence-corrected chi connectivity index (χ0v) is 17.9. The summed E-state index contributed by atoms with van der Waals surface area (Å²) < 4.78 is 5.90. The molecule has 9 nitrogen and oxygen atoms in total.